The van der Waals surface area contributed by atoms with Crippen LogP contribution in [-0.2, 0) is 19.2 Å². The van der Waals surface area contributed by atoms with Crippen LogP contribution in [0.3, 0.4) is 0 Å². The second-order valence-electron chi connectivity index (χ2n) is 12.5. The first-order valence-electron chi connectivity index (χ1n) is 15.4. The molecule has 234 valence electrons. The van der Waals surface area contributed by atoms with Crippen LogP contribution in [0.15, 0.2) is 84.4 Å². The van der Waals surface area contributed by atoms with E-state index in [0.717, 1.165) is 10.5 Å². The van der Waals surface area contributed by atoms with Gasteiger partial charge in [0.05, 0.1) is 46.7 Å². The summed E-state index contributed by atoms with van der Waals surface area (Å²) in [5, 5.41) is 21.1. The number of para-hydroxylation sites is 2. The molecule has 0 bridgehead atoms. The molecule has 2 aliphatic heterocycles. The number of nitrogens with zero attached hydrogens (tertiary/aromatic N) is 2. The zero-order valence-electron chi connectivity index (χ0n) is 25.3. The quantitative estimate of drug-likeness (QED) is 0.292. The Balaban J connectivity index is 1.37. The van der Waals surface area contributed by atoms with Crippen molar-refractivity contribution in [1.29, 1.82) is 0 Å². The maximum Gasteiger partial charge on any atom is 0.335 e. The molecule has 0 aromatic heterocycles. The maximum atomic E-state index is 14.5. The molecule has 10 nitrogen and oxygen atoms in total. The third-order valence-corrected chi connectivity index (χ3v) is 10.3. The molecule has 6 atom stereocenters. The minimum Gasteiger partial charge on any atom is -0.504 e. The summed E-state index contributed by atoms with van der Waals surface area (Å²) in [5.41, 5.74) is 0.374. The summed E-state index contributed by atoms with van der Waals surface area (Å²) in [6.45, 7) is 3.85. The average Bonchev–Trinajstić information content (AvgIpc) is 3.42. The number of hydrogen-bond donors (Lipinski definition) is 2. The Morgan fingerprint density at radius 1 is 0.891 bits per heavy atom. The highest BCUT2D eigenvalue weighted by Gasteiger charge is 2.68. The monoisotopic (exact) mass is 620 g/mol. The van der Waals surface area contributed by atoms with E-state index in [4.69, 9.17) is 4.74 Å². The van der Waals surface area contributed by atoms with Crippen molar-refractivity contribution in [3.63, 3.8) is 0 Å². The number of allylic oxidation sites excluding steroid dienone is 2. The van der Waals surface area contributed by atoms with Crippen molar-refractivity contribution in [2.24, 2.45) is 29.1 Å². The van der Waals surface area contributed by atoms with Crippen molar-refractivity contribution in [3.8, 4) is 11.5 Å². The first kappa shape index (κ1) is 29.5. The van der Waals surface area contributed by atoms with Gasteiger partial charge in [0, 0.05) is 11.5 Å². The lowest BCUT2D eigenvalue weighted by atomic mass is 9.51. The second-order valence-corrected chi connectivity index (χ2v) is 12.5. The third kappa shape index (κ3) is 4.05. The summed E-state index contributed by atoms with van der Waals surface area (Å²) in [6, 6.07) is 19.5. The van der Waals surface area contributed by atoms with Gasteiger partial charge >= 0.3 is 5.97 Å². The van der Waals surface area contributed by atoms with Gasteiger partial charge in [0.25, 0.3) is 0 Å². The third-order valence-electron chi connectivity index (χ3n) is 10.3. The van der Waals surface area contributed by atoms with Gasteiger partial charge in [0.1, 0.15) is 0 Å². The molecule has 0 spiro atoms. The van der Waals surface area contributed by atoms with Crippen molar-refractivity contribution in [2.45, 2.75) is 32.6 Å². The van der Waals surface area contributed by atoms with Gasteiger partial charge in [-0.05, 0) is 69.0 Å². The molecule has 7 rings (SSSR count). The van der Waals surface area contributed by atoms with Crippen LogP contribution in [0.25, 0.3) is 0 Å². The Bertz CT molecular complexity index is 1850. The number of carboxylic acids is 1. The van der Waals surface area contributed by atoms with Gasteiger partial charge in [0.15, 0.2) is 11.5 Å². The Morgan fingerprint density at radius 3 is 2.33 bits per heavy atom. The van der Waals surface area contributed by atoms with Gasteiger partial charge in [-0.25, -0.2) is 9.69 Å². The van der Waals surface area contributed by atoms with Gasteiger partial charge in [-0.1, -0.05) is 48.0 Å². The van der Waals surface area contributed by atoms with Crippen molar-refractivity contribution in [1.82, 2.24) is 0 Å². The van der Waals surface area contributed by atoms with Crippen LogP contribution < -0.4 is 14.5 Å². The molecule has 2 N–H and O–H groups in total. The number of hydrogen-bond acceptors (Lipinski definition) is 7. The fraction of sp³-hybridized carbons (Fsp3) is 0.306. The number of phenols is 1. The molecular weight excluding hydrogens is 588 g/mol. The predicted octanol–water partition coefficient (Wildman–Crippen LogP) is 4.92. The zero-order valence-corrected chi connectivity index (χ0v) is 25.3. The Labute approximate surface area is 264 Å². The Morgan fingerprint density at radius 2 is 1.61 bits per heavy atom. The van der Waals surface area contributed by atoms with E-state index in [1.165, 1.54) is 29.2 Å². The summed E-state index contributed by atoms with van der Waals surface area (Å²) in [7, 11) is 0. The van der Waals surface area contributed by atoms with Crippen LogP contribution in [0, 0.1) is 29.1 Å². The molecule has 3 aromatic rings. The van der Waals surface area contributed by atoms with Crippen LogP contribution in [0.2, 0.25) is 0 Å². The van der Waals surface area contributed by atoms with E-state index in [9.17, 15) is 34.2 Å². The first-order chi connectivity index (χ1) is 22.1. The van der Waals surface area contributed by atoms with Crippen molar-refractivity contribution in [2.75, 3.05) is 16.4 Å². The van der Waals surface area contributed by atoms with Gasteiger partial charge in [0.2, 0.25) is 23.6 Å². The van der Waals surface area contributed by atoms with E-state index >= 15 is 0 Å². The van der Waals surface area contributed by atoms with E-state index in [1.54, 1.807) is 62.4 Å². The lowest BCUT2D eigenvalue weighted by molar-refractivity contribution is -0.131. The minimum absolute atomic E-state index is 0.0546. The number of carbonyl (C=O) groups is 5. The summed E-state index contributed by atoms with van der Waals surface area (Å²) >= 11 is 0. The van der Waals surface area contributed by atoms with Crippen LogP contribution in [0.4, 0.5) is 11.4 Å². The molecule has 2 aliphatic carbocycles. The topological polar surface area (TPSA) is 142 Å². The maximum absolute atomic E-state index is 14.5. The zero-order chi connectivity index (χ0) is 32.5. The number of benzene rings is 3. The number of rotatable bonds is 6. The highest BCUT2D eigenvalue weighted by Crippen LogP contribution is 2.65. The Kier molecular flexibility index (Phi) is 6.84. The summed E-state index contributed by atoms with van der Waals surface area (Å²) in [5.74, 6) is -6.58. The molecule has 3 aromatic carbocycles. The molecular formula is C36H32N2O8. The predicted molar refractivity (Wildman–Crippen MR) is 166 cm³/mol. The highest BCUT2D eigenvalue weighted by atomic mass is 16.5. The van der Waals surface area contributed by atoms with Gasteiger partial charge in [-0.15, -0.1) is 0 Å². The van der Waals surface area contributed by atoms with Crippen molar-refractivity contribution >= 4 is 41.0 Å². The van der Waals surface area contributed by atoms with Crippen LogP contribution in [0.1, 0.15) is 48.5 Å². The number of carbonyl (C=O) groups excluding carboxylic acids is 4. The molecule has 10 heteroatoms. The minimum atomic E-state index is -1.31. The number of carboxylic acid groups (broad SMARTS) is 1. The number of phenolic OH excluding ortho intramolecular Hbond substituents is 1. The Hall–Kier alpha value is -5.25. The fourth-order valence-electron chi connectivity index (χ4n) is 8.26. The SMILES string of the molecule is CCOc1cccc(C2C3=CCC4C(=O)N(c5cccc(C(=O)O)c5)C(=O)C4C3CC3C(=O)N(c4ccccc4)C(=O)C32C)c1O. The van der Waals surface area contributed by atoms with E-state index < -0.39 is 64.6 Å². The largest absolute Gasteiger partial charge is 0.504 e. The normalized spacial score (nSPS) is 28.5. The molecule has 3 fully saturated rings. The van der Waals surface area contributed by atoms with Crippen molar-refractivity contribution < 1.29 is 38.9 Å². The van der Waals surface area contributed by atoms with E-state index in [-0.39, 0.29) is 35.6 Å². The lowest BCUT2D eigenvalue weighted by Gasteiger charge is -2.49. The highest BCUT2D eigenvalue weighted by molar-refractivity contribution is 6.25. The van der Waals surface area contributed by atoms with Gasteiger partial charge in [-0.3, -0.25) is 24.1 Å². The molecule has 4 aliphatic rings. The molecule has 46 heavy (non-hydrogen) atoms. The number of fused-ring (bicyclic) bond motifs is 4. The molecule has 2 saturated heterocycles. The summed E-state index contributed by atoms with van der Waals surface area (Å²) in [6.07, 6.45) is 2.27. The summed E-state index contributed by atoms with van der Waals surface area (Å²) in [4.78, 5) is 70.8. The standard InChI is InChI=1S/C36H32N2O8/c1-3-46-27-14-8-13-24(30(27)39)29-22-15-16-23-28(33(42)37(31(23)40)21-12-7-9-19(17-21)34(43)44)25(22)18-26-32(41)38(35(45)36(26,29)2)20-10-5-4-6-11-20/h4-15,17,23,25-26,28-29,39H,3,16,18H2,1-2H3,(H,43,44). The second kappa shape index (κ2) is 10.7. The van der Waals surface area contributed by atoms with Crippen molar-refractivity contribution in [3.05, 3.63) is 95.6 Å². The molecule has 4 amide bonds. The number of imide groups is 2. The molecule has 0 radical (unpaired) electrons. The smallest absolute Gasteiger partial charge is 0.335 e. The van der Waals surface area contributed by atoms with Crippen LogP contribution >= 0.6 is 0 Å². The average molecular weight is 621 g/mol. The van der Waals surface area contributed by atoms with E-state index in [2.05, 4.69) is 0 Å². The van der Waals surface area contributed by atoms with E-state index in [0.29, 0.717) is 17.9 Å². The molecule has 2 heterocycles. The van der Waals surface area contributed by atoms with E-state index in [1.807, 2.05) is 6.08 Å². The number of ether oxygens (including phenoxy) is 1. The first-order valence-corrected chi connectivity index (χ1v) is 15.4. The molecule has 6 unspecified atom stereocenters. The van der Waals surface area contributed by atoms with Gasteiger partial charge < -0.3 is 14.9 Å². The number of amides is 4. The molecule has 1 saturated carbocycles. The lowest BCUT2D eigenvalue weighted by Crippen LogP contribution is -2.48. The fourth-order valence-corrected chi connectivity index (χ4v) is 8.26. The van der Waals surface area contributed by atoms with Gasteiger partial charge in [-0.2, -0.15) is 0 Å². The van der Waals surface area contributed by atoms with Crippen LogP contribution in [-0.4, -0.2) is 46.4 Å². The number of anilines is 2. The number of aromatic hydroxyl groups is 1. The number of aromatic carboxylic acids is 1. The van der Waals surface area contributed by atoms with Crippen LogP contribution in [0.5, 0.6) is 11.5 Å². The summed E-state index contributed by atoms with van der Waals surface area (Å²) < 4.78 is 5.70.